The van der Waals surface area contributed by atoms with Gasteiger partial charge < -0.3 is 9.84 Å². The average molecular weight is 301 g/mol. The zero-order valence-electron chi connectivity index (χ0n) is 11.7. The van der Waals surface area contributed by atoms with Crippen molar-refractivity contribution in [3.05, 3.63) is 34.1 Å². The number of esters is 1. The summed E-state index contributed by atoms with van der Waals surface area (Å²) in [7, 11) is 0. The third-order valence-corrected chi connectivity index (χ3v) is 2.15. The van der Waals surface area contributed by atoms with Crippen molar-refractivity contribution in [1.82, 2.24) is 0 Å². The van der Waals surface area contributed by atoms with Gasteiger partial charge in [0.05, 0.1) is 11.0 Å². The number of nitrogens with zero attached hydrogens (tertiary/aromatic N) is 1. The van der Waals surface area contributed by atoms with Crippen LogP contribution < -0.4 is 4.74 Å². The molecule has 0 aliphatic heterocycles. The minimum atomic E-state index is -1.42. The van der Waals surface area contributed by atoms with Gasteiger partial charge in [-0.15, -0.1) is 0 Å². The van der Waals surface area contributed by atoms with Crippen LogP contribution in [0.2, 0.25) is 0 Å². The Kier molecular flexibility index (Phi) is 8.28. The first kappa shape index (κ1) is 18.5. The van der Waals surface area contributed by atoms with E-state index in [1.807, 2.05) is 0 Å². The van der Waals surface area contributed by atoms with Crippen molar-refractivity contribution in [2.75, 3.05) is 0 Å². The molecule has 7 nitrogen and oxygen atoms in total. The highest BCUT2D eigenvalue weighted by atomic mass is 19.1. The van der Waals surface area contributed by atoms with Crippen molar-refractivity contribution in [2.24, 2.45) is 0 Å². The summed E-state index contributed by atoms with van der Waals surface area (Å²) < 4.78 is 17.6. The molecule has 0 saturated carbocycles. The van der Waals surface area contributed by atoms with Gasteiger partial charge in [0.25, 0.3) is 5.69 Å². The van der Waals surface area contributed by atoms with E-state index in [1.54, 1.807) is 0 Å². The van der Waals surface area contributed by atoms with E-state index in [-0.39, 0.29) is 0 Å². The second kappa shape index (κ2) is 9.40. The van der Waals surface area contributed by atoms with Gasteiger partial charge in [-0.1, -0.05) is 26.7 Å². The molecule has 0 aromatic heterocycles. The number of hydrogen-bond donors (Lipinski definition) is 1. The fourth-order valence-corrected chi connectivity index (χ4v) is 0.968. The molecule has 1 rings (SSSR count). The summed E-state index contributed by atoms with van der Waals surface area (Å²) in [5.74, 6) is -4.25. The number of ether oxygens (including phenoxy) is 1. The number of benzene rings is 1. The molecule has 0 spiro atoms. The number of halogens is 1. The van der Waals surface area contributed by atoms with Gasteiger partial charge in [0.1, 0.15) is 6.42 Å². The van der Waals surface area contributed by atoms with Gasteiger partial charge in [-0.05, 0) is 6.07 Å². The Morgan fingerprint density at radius 2 is 1.90 bits per heavy atom. The van der Waals surface area contributed by atoms with Crippen LogP contribution >= 0.6 is 0 Å². The largest absolute Gasteiger partial charge is 0.481 e. The van der Waals surface area contributed by atoms with Gasteiger partial charge in [-0.25, -0.2) is 4.39 Å². The number of carboxylic acids is 1. The molecule has 0 saturated heterocycles. The molecule has 0 aliphatic carbocycles. The van der Waals surface area contributed by atoms with Crippen molar-refractivity contribution in [3.8, 4) is 5.75 Å². The fourth-order valence-electron chi connectivity index (χ4n) is 0.968. The molecule has 0 amide bonds. The van der Waals surface area contributed by atoms with Crippen LogP contribution in [-0.2, 0) is 9.59 Å². The maximum absolute atomic E-state index is 13.2. The van der Waals surface area contributed by atoms with Crippen molar-refractivity contribution < 1.29 is 28.7 Å². The van der Waals surface area contributed by atoms with E-state index in [4.69, 9.17) is 5.11 Å². The zero-order valence-corrected chi connectivity index (χ0v) is 11.7. The number of nitro benzene ring substituents is 1. The highest BCUT2D eigenvalue weighted by molar-refractivity contribution is 5.91. The van der Waals surface area contributed by atoms with Gasteiger partial charge in [0, 0.05) is 6.07 Å². The molecule has 0 fully saturated rings. The Morgan fingerprint density at radius 1 is 1.33 bits per heavy atom. The number of hydrogen-bond acceptors (Lipinski definition) is 5. The number of carbonyl (C=O) groups is 2. The SMILES string of the molecule is CCCC.O=C(O)CC(=O)Oc1ccc([N+](=O)[O-])cc1F. The van der Waals surface area contributed by atoms with E-state index in [2.05, 4.69) is 18.6 Å². The third-order valence-electron chi connectivity index (χ3n) is 2.15. The molecule has 21 heavy (non-hydrogen) atoms. The number of nitro groups is 1. The number of non-ortho nitro benzene ring substituents is 1. The summed E-state index contributed by atoms with van der Waals surface area (Å²) in [6.07, 6.45) is 1.72. The quantitative estimate of drug-likeness (QED) is 0.294. The fraction of sp³-hybridized carbons (Fsp3) is 0.385. The first-order valence-electron chi connectivity index (χ1n) is 6.18. The van der Waals surface area contributed by atoms with Crippen molar-refractivity contribution in [1.29, 1.82) is 0 Å². The summed E-state index contributed by atoms with van der Waals surface area (Å²) in [4.78, 5) is 30.5. The van der Waals surface area contributed by atoms with Crippen LogP contribution in [-0.4, -0.2) is 22.0 Å². The van der Waals surface area contributed by atoms with Crippen LogP contribution in [0.1, 0.15) is 33.1 Å². The summed E-state index contributed by atoms with van der Waals surface area (Å²) in [5.41, 5.74) is -0.500. The second-order valence-corrected chi connectivity index (χ2v) is 3.92. The van der Waals surface area contributed by atoms with E-state index < -0.39 is 40.5 Å². The molecular weight excluding hydrogens is 285 g/mol. The molecular formula is C13H16FNO6. The Morgan fingerprint density at radius 3 is 2.29 bits per heavy atom. The normalized spacial score (nSPS) is 9.29. The lowest BCUT2D eigenvalue weighted by atomic mass is 10.3. The first-order chi connectivity index (χ1) is 9.81. The minimum Gasteiger partial charge on any atom is -0.481 e. The molecule has 0 bridgehead atoms. The van der Waals surface area contributed by atoms with Crippen molar-refractivity contribution in [3.63, 3.8) is 0 Å². The molecule has 0 heterocycles. The highest BCUT2D eigenvalue weighted by Crippen LogP contribution is 2.22. The highest BCUT2D eigenvalue weighted by Gasteiger charge is 2.16. The van der Waals surface area contributed by atoms with E-state index >= 15 is 0 Å². The summed E-state index contributed by atoms with van der Waals surface area (Å²) in [5, 5.41) is 18.5. The van der Waals surface area contributed by atoms with Gasteiger partial charge in [0.2, 0.25) is 0 Å². The van der Waals surface area contributed by atoms with Crippen LogP contribution in [0.15, 0.2) is 18.2 Å². The van der Waals surface area contributed by atoms with E-state index in [0.29, 0.717) is 6.07 Å². The van der Waals surface area contributed by atoms with Crippen molar-refractivity contribution >= 4 is 17.6 Å². The smallest absolute Gasteiger partial charge is 0.322 e. The lowest BCUT2D eigenvalue weighted by Crippen LogP contribution is -2.13. The van der Waals surface area contributed by atoms with E-state index in [9.17, 15) is 24.1 Å². The summed E-state index contributed by atoms with van der Waals surface area (Å²) in [6.45, 7) is 4.36. The predicted molar refractivity (Wildman–Crippen MR) is 71.5 cm³/mol. The minimum absolute atomic E-state index is 0.500. The molecule has 0 radical (unpaired) electrons. The topological polar surface area (TPSA) is 107 Å². The number of carbonyl (C=O) groups excluding carboxylic acids is 1. The summed E-state index contributed by atoms with van der Waals surface area (Å²) >= 11 is 0. The lowest BCUT2D eigenvalue weighted by Gasteiger charge is -2.03. The van der Waals surface area contributed by atoms with Gasteiger partial charge >= 0.3 is 11.9 Å². The molecule has 1 aromatic carbocycles. The van der Waals surface area contributed by atoms with E-state index in [0.717, 1.165) is 12.1 Å². The number of unbranched alkanes of at least 4 members (excludes halogenated alkanes) is 1. The van der Waals surface area contributed by atoms with Crippen LogP contribution in [0.25, 0.3) is 0 Å². The number of aliphatic carboxylic acids is 1. The van der Waals surface area contributed by atoms with Crippen LogP contribution in [0.4, 0.5) is 10.1 Å². The van der Waals surface area contributed by atoms with Crippen LogP contribution in [0.3, 0.4) is 0 Å². The maximum Gasteiger partial charge on any atom is 0.322 e. The molecule has 8 heteroatoms. The molecule has 1 aromatic rings. The molecule has 0 atom stereocenters. The van der Waals surface area contributed by atoms with Crippen LogP contribution in [0, 0.1) is 15.9 Å². The Bertz CT molecular complexity index is 515. The Hall–Kier alpha value is -2.51. The number of carboxylic acid groups (broad SMARTS) is 1. The zero-order chi connectivity index (χ0) is 16.4. The van der Waals surface area contributed by atoms with E-state index in [1.165, 1.54) is 12.8 Å². The Labute approximate surface area is 120 Å². The van der Waals surface area contributed by atoms with Gasteiger partial charge in [-0.3, -0.25) is 19.7 Å². The molecule has 0 unspecified atom stereocenters. The summed E-state index contributed by atoms with van der Waals surface area (Å²) in [6, 6.07) is 2.39. The molecule has 116 valence electrons. The first-order valence-corrected chi connectivity index (χ1v) is 6.18. The predicted octanol–water partition coefficient (Wildman–Crippen LogP) is 2.92. The Balaban J connectivity index is 0.000000885. The van der Waals surface area contributed by atoms with Crippen LogP contribution in [0.5, 0.6) is 5.75 Å². The average Bonchev–Trinajstić information content (AvgIpc) is 2.40. The van der Waals surface area contributed by atoms with Gasteiger partial charge in [-0.2, -0.15) is 0 Å². The standard InChI is InChI=1S/C9H6FNO6.C4H10/c10-6-3-5(11(15)16)1-2-7(6)17-9(14)4-8(12)13;1-3-4-2/h1-3H,4H2,(H,12,13);3-4H2,1-2H3. The number of rotatable bonds is 5. The van der Waals surface area contributed by atoms with Gasteiger partial charge in [0.15, 0.2) is 11.6 Å². The van der Waals surface area contributed by atoms with Crippen molar-refractivity contribution in [2.45, 2.75) is 33.1 Å². The molecule has 0 aliphatic rings. The third kappa shape index (κ3) is 7.61. The maximum atomic E-state index is 13.2. The lowest BCUT2D eigenvalue weighted by molar-refractivity contribution is -0.385. The monoisotopic (exact) mass is 301 g/mol. The molecule has 1 N–H and O–H groups in total. The second-order valence-electron chi connectivity index (χ2n) is 3.92.